The Bertz CT molecular complexity index is 1470. The van der Waals surface area contributed by atoms with Gasteiger partial charge in [0.1, 0.15) is 30.5 Å². The predicted molar refractivity (Wildman–Crippen MR) is 303 cm³/mol. The highest BCUT2D eigenvalue weighted by Gasteiger charge is 2.48. The number of aliphatic hydroxyl groups is 3. The predicted octanol–water partition coefficient (Wildman–Crippen LogP) is 15.4. The normalized spacial score (nSPS) is 19.0. The minimum atomic E-state index is -5.07. The van der Waals surface area contributed by atoms with Gasteiger partial charge in [0.15, 0.2) is 6.29 Å². The van der Waals surface area contributed by atoms with E-state index in [0.29, 0.717) is 13.0 Å². The van der Waals surface area contributed by atoms with E-state index in [4.69, 9.17) is 18.9 Å². The van der Waals surface area contributed by atoms with Crippen molar-refractivity contribution < 1.29 is 56.2 Å². The largest absolute Gasteiger partial charge is 0.457 e. The fourth-order valence-electron chi connectivity index (χ4n) is 9.32. The smallest absolute Gasteiger partial charge is 0.397 e. The summed E-state index contributed by atoms with van der Waals surface area (Å²) >= 11 is 0. The molecule has 0 radical (unpaired) electrons. The van der Waals surface area contributed by atoms with Gasteiger partial charge in [-0.15, -0.1) is 0 Å². The standard InChI is InChI=1S/C61H112O12S/c1-3-5-7-9-11-13-15-17-19-21-23-25-27-29-31-33-35-37-39-41-43-45-47-49-51-69-53-55(54-70-61-59(65)60(73-74(66,67)68)58(64)56(52-62)72-61)71-57(63)50-48-46-44-42-40-38-36-34-32-30-28-26-24-22-20-18-16-14-12-10-8-6-4-2/h16,18,21-24,28,30,55-56,58-62,64-65H,3-15,17,19-20,25-27,29,31-54H2,1-2H3,(H,66,67,68)/b18-16-,23-21-,24-22-,30-28-. The van der Waals surface area contributed by atoms with Gasteiger partial charge in [0.05, 0.1) is 19.8 Å². The molecule has 74 heavy (non-hydrogen) atoms. The van der Waals surface area contributed by atoms with E-state index in [0.717, 1.165) is 57.8 Å². The first-order valence-electron chi connectivity index (χ1n) is 30.4. The first kappa shape index (κ1) is 70.1. The summed E-state index contributed by atoms with van der Waals surface area (Å²) < 4.78 is 59.5. The molecule has 1 aliphatic heterocycles. The van der Waals surface area contributed by atoms with Crippen molar-refractivity contribution in [2.24, 2.45) is 0 Å². The van der Waals surface area contributed by atoms with E-state index >= 15 is 0 Å². The fraction of sp³-hybridized carbons (Fsp3) is 0.852. The van der Waals surface area contributed by atoms with Crippen LogP contribution in [0.25, 0.3) is 0 Å². The Hall–Kier alpha value is -1.94. The van der Waals surface area contributed by atoms with Gasteiger partial charge < -0.3 is 34.3 Å². The maximum absolute atomic E-state index is 13.0. The number of esters is 1. The molecular formula is C61H112O12S. The summed E-state index contributed by atoms with van der Waals surface area (Å²) in [6.07, 6.45) is 57.2. The molecule has 0 amide bonds. The SMILES string of the molecule is CCCCCCC/C=C\C/C=C\C/C=C\CCCCCCCCCCC(=O)OC(COCCCCCCCCCCCCCC/C=C\CCCCCCCCCC)COC1OC(CO)C(O)C(OS(=O)(=O)O)C1O. The summed E-state index contributed by atoms with van der Waals surface area (Å²) in [5.74, 6) is -0.403. The lowest BCUT2D eigenvalue weighted by Crippen LogP contribution is -2.60. The molecule has 0 aromatic rings. The van der Waals surface area contributed by atoms with Crippen molar-refractivity contribution in [1.82, 2.24) is 0 Å². The quantitative estimate of drug-likeness (QED) is 0.0196. The van der Waals surface area contributed by atoms with E-state index < -0.39 is 59.8 Å². The van der Waals surface area contributed by atoms with Crippen LogP contribution in [0.4, 0.5) is 0 Å². The fourth-order valence-corrected chi connectivity index (χ4v) is 9.83. The average molecular weight is 1070 g/mol. The number of allylic oxidation sites excluding steroid dienone is 8. The van der Waals surface area contributed by atoms with Crippen LogP contribution in [0, 0.1) is 0 Å². The summed E-state index contributed by atoms with van der Waals surface area (Å²) in [4.78, 5) is 13.0. The second-order valence-electron chi connectivity index (χ2n) is 20.9. The third-order valence-corrected chi connectivity index (χ3v) is 14.4. The second-order valence-corrected chi connectivity index (χ2v) is 22.0. The summed E-state index contributed by atoms with van der Waals surface area (Å²) in [5, 5.41) is 30.9. The Morgan fingerprint density at radius 2 is 0.892 bits per heavy atom. The molecule has 1 aliphatic rings. The monoisotopic (exact) mass is 1070 g/mol. The van der Waals surface area contributed by atoms with Gasteiger partial charge in [0.2, 0.25) is 0 Å². The molecule has 0 saturated carbocycles. The number of carbonyl (C=O) groups excluding carboxylic acids is 1. The van der Waals surface area contributed by atoms with Crippen molar-refractivity contribution in [2.75, 3.05) is 26.4 Å². The number of hydrogen-bond acceptors (Lipinski definition) is 11. The van der Waals surface area contributed by atoms with Crippen molar-refractivity contribution in [3.8, 4) is 0 Å². The molecule has 0 aromatic carbocycles. The Labute approximate surface area is 453 Å². The topological polar surface area (TPSA) is 178 Å². The molecule has 1 saturated heterocycles. The van der Waals surface area contributed by atoms with E-state index in [-0.39, 0.29) is 19.6 Å². The van der Waals surface area contributed by atoms with Crippen LogP contribution in [0.15, 0.2) is 48.6 Å². The summed E-state index contributed by atoms with van der Waals surface area (Å²) in [5.41, 5.74) is 0. The molecule has 0 spiro atoms. The van der Waals surface area contributed by atoms with Crippen LogP contribution in [0.1, 0.15) is 271 Å². The number of rotatable bonds is 54. The highest BCUT2D eigenvalue weighted by molar-refractivity contribution is 7.80. The minimum Gasteiger partial charge on any atom is -0.457 e. The molecule has 13 heteroatoms. The molecule has 1 fully saturated rings. The van der Waals surface area contributed by atoms with Gasteiger partial charge >= 0.3 is 16.4 Å². The molecule has 0 aromatic heterocycles. The zero-order chi connectivity index (χ0) is 53.8. The third-order valence-electron chi connectivity index (χ3n) is 13.9. The van der Waals surface area contributed by atoms with Crippen LogP contribution in [-0.2, 0) is 38.3 Å². The molecule has 1 heterocycles. The van der Waals surface area contributed by atoms with Crippen LogP contribution in [0.2, 0.25) is 0 Å². The number of ether oxygens (including phenoxy) is 4. The van der Waals surface area contributed by atoms with Crippen LogP contribution < -0.4 is 0 Å². The highest BCUT2D eigenvalue weighted by Crippen LogP contribution is 2.26. The number of carbonyl (C=O) groups is 1. The van der Waals surface area contributed by atoms with Crippen molar-refractivity contribution in [2.45, 2.75) is 307 Å². The summed E-state index contributed by atoms with van der Waals surface area (Å²) in [6.45, 7) is 4.02. The lowest BCUT2D eigenvalue weighted by molar-refractivity contribution is -0.301. The van der Waals surface area contributed by atoms with Crippen LogP contribution in [0.3, 0.4) is 0 Å². The Morgan fingerprint density at radius 1 is 0.514 bits per heavy atom. The lowest BCUT2D eigenvalue weighted by Gasteiger charge is -2.41. The van der Waals surface area contributed by atoms with Gasteiger partial charge in [-0.25, -0.2) is 4.18 Å². The van der Waals surface area contributed by atoms with Gasteiger partial charge in [-0.3, -0.25) is 9.35 Å². The van der Waals surface area contributed by atoms with Crippen LogP contribution in [-0.4, -0.2) is 97.5 Å². The zero-order valence-corrected chi connectivity index (χ0v) is 48.0. The Morgan fingerprint density at radius 3 is 1.31 bits per heavy atom. The Balaban J connectivity index is 2.28. The van der Waals surface area contributed by atoms with E-state index in [1.807, 2.05) is 0 Å². The third kappa shape index (κ3) is 44.1. The maximum Gasteiger partial charge on any atom is 0.397 e. The number of unbranched alkanes of at least 4 members (excludes halogenated alkanes) is 33. The van der Waals surface area contributed by atoms with Crippen molar-refractivity contribution in [1.29, 1.82) is 0 Å². The molecule has 12 nitrogen and oxygen atoms in total. The Kier molecular flexibility index (Phi) is 49.0. The van der Waals surface area contributed by atoms with Gasteiger partial charge in [-0.1, -0.05) is 236 Å². The minimum absolute atomic E-state index is 0.0334. The van der Waals surface area contributed by atoms with Crippen LogP contribution in [0.5, 0.6) is 0 Å². The van der Waals surface area contributed by atoms with Crippen molar-refractivity contribution >= 4 is 16.4 Å². The molecule has 1 rings (SSSR count). The van der Waals surface area contributed by atoms with Gasteiger partial charge in [-0.2, -0.15) is 8.42 Å². The van der Waals surface area contributed by atoms with E-state index in [2.05, 4.69) is 66.6 Å². The van der Waals surface area contributed by atoms with E-state index in [1.54, 1.807) is 0 Å². The zero-order valence-electron chi connectivity index (χ0n) is 47.2. The first-order chi connectivity index (χ1) is 36.1. The second kappa shape index (κ2) is 51.8. The first-order valence-corrected chi connectivity index (χ1v) is 31.8. The van der Waals surface area contributed by atoms with Gasteiger partial charge in [-0.05, 0) is 77.0 Å². The van der Waals surface area contributed by atoms with Crippen molar-refractivity contribution in [3.05, 3.63) is 48.6 Å². The highest BCUT2D eigenvalue weighted by atomic mass is 32.3. The van der Waals surface area contributed by atoms with E-state index in [1.165, 1.54) is 186 Å². The molecular weight excluding hydrogens is 957 g/mol. The molecule has 6 atom stereocenters. The van der Waals surface area contributed by atoms with E-state index in [9.17, 15) is 33.1 Å². The average Bonchev–Trinajstić information content (AvgIpc) is 3.38. The summed E-state index contributed by atoms with van der Waals surface area (Å²) in [7, 11) is -5.07. The molecule has 0 aliphatic carbocycles. The number of aliphatic hydroxyl groups excluding tert-OH is 3. The van der Waals surface area contributed by atoms with Gasteiger partial charge in [0.25, 0.3) is 0 Å². The lowest BCUT2D eigenvalue weighted by atomic mass is 9.99. The van der Waals surface area contributed by atoms with Crippen LogP contribution >= 0.6 is 0 Å². The van der Waals surface area contributed by atoms with Gasteiger partial charge in [0, 0.05) is 13.0 Å². The van der Waals surface area contributed by atoms with Crippen molar-refractivity contribution in [3.63, 3.8) is 0 Å². The number of hydrogen-bond donors (Lipinski definition) is 4. The summed E-state index contributed by atoms with van der Waals surface area (Å²) in [6, 6.07) is 0. The molecule has 434 valence electrons. The molecule has 4 N–H and O–H groups in total. The molecule has 6 unspecified atom stereocenters. The molecule has 0 bridgehead atoms. The maximum atomic E-state index is 13.0.